The Labute approximate surface area is 109 Å². The van der Waals surface area contributed by atoms with Crippen LogP contribution in [-0.2, 0) is 0 Å². The van der Waals surface area contributed by atoms with E-state index in [-0.39, 0.29) is 21.8 Å². The summed E-state index contributed by atoms with van der Waals surface area (Å²) in [4.78, 5) is 17.1. The number of nitrogens with zero attached hydrogens (tertiary/aromatic N) is 3. The minimum Gasteiger partial charge on any atom is -0.437 e. The van der Waals surface area contributed by atoms with Crippen LogP contribution in [0.2, 0.25) is 0 Å². The molecule has 0 unspecified atom stereocenters. The van der Waals surface area contributed by atoms with Crippen molar-refractivity contribution in [3.8, 4) is 11.6 Å². The van der Waals surface area contributed by atoms with Crippen LogP contribution in [0.15, 0.2) is 35.1 Å². The van der Waals surface area contributed by atoms with E-state index in [1.54, 1.807) is 0 Å². The van der Waals surface area contributed by atoms with Crippen molar-refractivity contribution in [3.05, 3.63) is 51.1 Å². The number of nitro groups is 1. The normalized spacial score (nSPS) is 10.1. The van der Waals surface area contributed by atoms with Crippen LogP contribution >= 0.6 is 15.9 Å². The van der Waals surface area contributed by atoms with Gasteiger partial charge in [0.2, 0.25) is 11.8 Å². The van der Waals surface area contributed by atoms with E-state index < -0.39 is 10.9 Å². The highest BCUT2D eigenvalue weighted by Gasteiger charge is 2.16. The Morgan fingerprint density at radius 3 is 2.83 bits per heavy atom. The Balaban J connectivity index is 2.35. The molecule has 0 fully saturated rings. The van der Waals surface area contributed by atoms with Gasteiger partial charge in [0.1, 0.15) is 10.8 Å². The summed E-state index contributed by atoms with van der Waals surface area (Å²) < 4.78 is 18.2. The van der Waals surface area contributed by atoms with Crippen LogP contribution in [0.3, 0.4) is 0 Å². The molecule has 6 nitrogen and oxygen atoms in total. The Morgan fingerprint density at radius 2 is 2.17 bits per heavy atom. The van der Waals surface area contributed by atoms with Gasteiger partial charge in [0.05, 0.1) is 11.0 Å². The molecule has 1 aromatic heterocycles. The van der Waals surface area contributed by atoms with Gasteiger partial charge in [-0.3, -0.25) is 10.1 Å². The number of nitro benzene ring substituents is 1. The summed E-state index contributed by atoms with van der Waals surface area (Å²) in [6, 6.07) is 5.25. The van der Waals surface area contributed by atoms with Gasteiger partial charge in [-0.15, -0.1) is 0 Å². The summed E-state index contributed by atoms with van der Waals surface area (Å²) in [5.41, 5.74) is -0.151. The van der Waals surface area contributed by atoms with Gasteiger partial charge >= 0.3 is 0 Å². The molecule has 92 valence electrons. The molecule has 2 rings (SSSR count). The van der Waals surface area contributed by atoms with Crippen LogP contribution < -0.4 is 4.74 Å². The van der Waals surface area contributed by atoms with E-state index in [2.05, 4.69) is 25.9 Å². The second-order valence-corrected chi connectivity index (χ2v) is 3.92. The summed E-state index contributed by atoms with van der Waals surface area (Å²) >= 11 is 3.05. The van der Waals surface area contributed by atoms with Crippen LogP contribution in [0.5, 0.6) is 11.6 Å². The van der Waals surface area contributed by atoms with Gasteiger partial charge in [-0.1, -0.05) is 6.07 Å². The topological polar surface area (TPSA) is 78.2 Å². The van der Waals surface area contributed by atoms with Gasteiger partial charge in [-0.05, 0) is 22.0 Å². The zero-order valence-corrected chi connectivity index (χ0v) is 10.3. The van der Waals surface area contributed by atoms with E-state index >= 15 is 0 Å². The first-order valence-electron chi connectivity index (χ1n) is 4.66. The van der Waals surface area contributed by atoms with Crippen molar-refractivity contribution in [2.45, 2.75) is 0 Å². The minimum absolute atomic E-state index is 0.0382. The number of benzene rings is 1. The number of hydrogen-bond acceptors (Lipinski definition) is 5. The first-order valence-corrected chi connectivity index (χ1v) is 5.45. The van der Waals surface area contributed by atoms with Crippen LogP contribution in [0.4, 0.5) is 10.1 Å². The molecule has 0 saturated heterocycles. The Kier molecular flexibility index (Phi) is 3.47. The third-order valence-electron chi connectivity index (χ3n) is 1.96. The molecule has 0 aliphatic carbocycles. The lowest BCUT2D eigenvalue weighted by molar-refractivity contribution is -0.385. The second-order valence-electron chi connectivity index (χ2n) is 3.13. The SMILES string of the molecule is O=[N+]([O-])c1cccc(Oc2cc(F)ncn2)c1Br. The van der Waals surface area contributed by atoms with Gasteiger partial charge in [0.15, 0.2) is 5.75 Å². The molecular formula is C10H5BrFN3O3. The highest BCUT2D eigenvalue weighted by Crippen LogP contribution is 2.35. The lowest BCUT2D eigenvalue weighted by atomic mass is 10.3. The summed E-state index contributed by atoms with van der Waals surface area (Å²) in [5, 5.41) is 10.7. The van der Waals surface area contributed by atoms with Crippen molar-refractivity contribution in [1.29, 1.82) is 0 Å². The monoisotopic (exact) mass is 313 g/mol. The smallest absolute Gasteiger partial charge is 0.287 e. The zero-order valence-electron chi connectivity index (χ0n) is 8.71. The fraction of sp³-hybridized carbons (Fsp3) is 0. The van der Waals surface area contributed by atoms with Gasteiger partial charge in [0, 0.05) is 6.07 Å². The molecule has 0 aliphatic rings. The molecule has 0 bridgehead atoms. The Bertz CT molecular complexity index is 609. The predicted molar refractivity (Wildman–Crippen MR) is 62.9 cm³/mol. The maximum atomic E-state index is 12.8. The number of halogens is 2. The van der Waals surface area contributed by atoms with Crippen LogP contribution in [0.1, 0.15) is 0 Å². The molecule has 1 heterocycles. The minimum atomic E-state index is -0.749. The highest BCUT2D eigenvalue weighted by molar-refractivity contribution is 9.10. The average molecular weight is 314 g/mol. The Hall–Kier alpha value is -2.09. The van der Waals surface area contributed by atoms with Crippen molar-refractivity contribution in [2.24, 2.45) is 0 Å². The third kappa shape index (κ3) is 2.59. The second kappa shape index (κ2) is 5.05. The highest BCUT2D eigenvalue weighted by atomic mass is 79.9. The fourth-order valence-corrected chi connectivity index (χ4v) is 1.69. The maximum Gasteiger partial charge on any atom is 0.287 e. The van der Waals surface area contributed by atoms with E-state index in [9.17, 15) is 14.5 Å². The lowest BCUT2D eigenvalue weighted by Crippen LogP contribution is -1.94. The largest absolute Gasteiger partial charge is 0.437 e. The molecule has 0 aliphatic heterocycles. The summed E-state index contributed by atoms with van der Waals surface area (Å²) in [6.07, 6.45) is 0.996. The standard InChI is InChI=1S/C10H5BrFN3O3/c11-10-6(15(16)17)2-1-3-7(10)18-9-4-8(12)13-5-14-9/h1-5H. The van der Waals surface area contributed by atoms with E-state index in [1.807, 2.05) is 0 Å². The van der Waals surface area contributed by atoms with Crippen molar-refractivity contribution in [2.75, 3.05) is 0 Å². The van der Waals surface area contributed by atoms with Gasteiger partial charge in [-0.25, -0.2) is 9.97 Å². The molecular weight excluding hydrogens is 309 g/mol. The van der Waals surface area contributed by atoms with Gasteiger partial charge in [0.25, 0.3) is 5.69 Å². The van der Waals surface area contributed by atoms with Crippen molar-refractivity contribution < 1.29 is 14.1 Å². The molecule has 0 atom stereocenters. The van der Waals surface area contributed by atoms with Crippen molar-refractivity contribution >= 4 is 21.6 Å². The number of rotatable bonds is 3. The average Bonchev–Trinajstić information content (AvgIpc) is 2.31. The first-order chi connectivity index (χ1) is 8.58. The van der Waals surface area contributed by atoms with Crippen LogP contribution in [0.25, 0.3) is 0 Å². The molecule has 18 heavy (non-hydrogen) atoms. The molecule has 1 aromatic carbocycles. The summed E-state index contributed by atoms with van der Waals surface area (Å²) in [6.45, 7) is 0. The van der Waals surface area contributed by atoms with E-state index in [4.69, 9.17) is 4.74 Å². The third-order valence-corrected chi connectivity index (χ3v) is 2.76. The quantitative estimate of drug-likeness (QED) is 0.494. The van der Waals surface area contributed by atoms with Gasteiger partial charge < -0.3 is 4.74 Å². The van der Waals surface area contributed by atoms with Crippen molar-refractivity contribution in [3.63, 3.8) is 0 Å². The first kappa shape index (κ1) is 12.4. The predicted octanol–water partition coefficient (Wildman–Crippen LogP) is 3.08. The van der Waals surface area contributed by atoms with E-state index in [0.29, 0.717) is 0 Å². The molecule has 0 saturated carbocycles. The molecule has 0 amide bonds. The molecule has 0 N–H and O–H groups in total. The lowest BCUT2D eigenvalue weighted by Gasteiger charge is -2.06. The van der Waals surface area contributed by atoms with Crippen molar-refractivity contribution in [1.82, 2.24) is 9.97 Å². The van der Waals surface area contributed by atoms with Crippen LogP contribution in [0, 0.1) is 16.1 Å². The number of aromatic nitrogens is 2. The molecule has 0 spiro atoms. The van der Waals surface area contributed by atoms with E-state index in [0.717, 1.165) is 12.4 Å². The molecule has 8 heteroatoms. The van der Waals surface area contributed by atoms with Crippen LogP contribution in [-0.4, -0.2) is 14.9 Å². The summed E-state index contributed by atoms with van der Waals surface area (Å²) in [7, 11) is 0. The number of ether oxygens (including phenoxy) is 1. The fourth-order valence-electron chi connectivity index (χ4n) is 1.20. The Morgan fingerprint density at radius 1 is 1.39 bits per heavy atom. The molecule has 2 aromatic rings. The number of hydrogen-bond donors (Lipinski definition) is 0. The maximum absolute atomic E-state index is 12.8. The zero-order chi connectivity index (χ0) is 13.1. The summed E-state index contributed by atoms with van der Waals surface area (Å²) in [5.74, 6) is -0.618. The van der Waals surface area contributed by atoms with Gasteiger partial charge in [-0.2, -0.15) is 4.39 Å². The molecule has 0 radical (unpaired) electrons. The van der Waals surface area contributed by atoms with E-state index in [1.165, 1.54) is 18.2 Å².